The zero-order valence-electron chi connectivity index (χ0n) is 9.61. The summed E-state index contributed by atoms with van der Waals surface area (Å²) < 4.78 is 5.58. The van der Waals surface area contributed by atoms with E-state index in [0.29, 0.717) is 25.0 Å². The SMILES string of the molecule is CC(C)[C@H]1COC(Cc2ccccc2Cl)=N1. The highest BCUT2D eigenvalue weighted by molar-refractivity contribution is 6.31. The third-order valence-corrected chi connectivity index (χ3v) is 3.17. The Hall–Kier alpha value is -1.02. The molecular weight excluding hydrogens is 222 g/mol. The summed E-state index contributed by atoms with van der Waals surface area (Å²) in [5.41, 5.74) is 1.08. The lowest BCUT2D eigenvalue weighted by molar-refractivity contribution is 0.287. The van der Waals surface area contributed by atoms with Gasteiger partial charge in [-0.05, 0) is 17.5 Å². The molecule has 0 spiro atoms. The van der Waals surface area contributed by atoms with Crippen LogP contribution in [0.5, 0.6) is 0 Å². The lowest BCUT2D eigenvalue weighted by Crippen LogP contribution is -2.13. The summed E-state index contributed by atoms with van der Waals surface area (Å²) in [6.07, 6.45) is 0.697. The van der Waals surface area contributed by atoms with Crippen molar-refractivity contribution in [1.29, 1.82) is 0 Å². The van der Waals surface area contributed by atoms with Crippen molar-refractivity contribution in [3.8, 4) is 0 Å². The molecule has 0 saturated carbocycles. The standard InChI is InChI=1S/C13H16ClNO/c1-9(2)12-8-16-13(15-12)7-10-5-3-4-6-11(10)14/h3-6,9,12H,7-8H2,1-2H3/t12-/m1/s1. The first-order valence-electron chi connectivity index (χ1n) is 5.59. The molecular formula is C13H16ClNO. The van der Waals surface area contributed by atoms with E-state index >= 15 is 0 Å². The summed E-state index contributed by atoms with van der Waals surface area (Å²) >= 11 is 6.09. The van der Waals surface area contributed by atoms with Crippen LogP contribution in [0.1, 0.15) is 19.4 Å². The van der Waals surface area contributed by atoms with Crippen molar-refractivity contribution in [1.82, 2.24) is 0 Å². The third-order valence-electron chi connectivity index (χ3n) is 2.80. The Labute approximate surface area is 101 Å². The van der Waals surface area contributed by atoms with E-state index in [-0.39, 0.29) is 0 Å². The summed E-state index contributed by atoms with van der Waals surface area (Å²) in [4.78, 5) is 4.56. The molecule has 2 nitrogen and oxygen atoms in total. The van der Waals surface area contributed by atoms with E-state index in [9.17, 15) is 0 Å². The van der Waals surface area contributed by atoms with Crippen molar-refractivity contribution in [2.45, 2.75) is 26.3 Å². The number of halogens is 1. The van der Waals surface area contributed by atoms with Crippen LogP contribution in [0.15, 0.2) is 29.3 Å². The maximum Gasteiger partial charge on any atom is 0.188 e. The lowest BCUT2D eigenvalue weighted by atomic mass is 10.1. The molecule has 0 amide bonds. The second kappa shape index (κ2) is 4.88. The molecule has 0 radical (unpaired) electrons. The number of benzene rings is 1. The van der Waals surface area contributed by atoms with Gasteiger partial charge in [0.25, 0.3) is 0 Å². The number of hydrogen-bond donors (Lipinski definition) is 0. The average molecular weight is 238 g/mol. The van der Waals surface area contributed by atoms with Gasteiger partial charge in [-0.2, -0.15) is 0 Å². The van der Waals surface area contributed by atoms with E-state index in [4.69, 9.17) is 16.3 Å². The number of hydrogen-bond acceptors (Lipinski definition) is 2. The van der Waals surface area contributed by atoms with Gasteiger partial charge in [0.1, 0.15) is 6.61 Å². The summed E-state index contributed by atoms with van der Waals surface area (Å²) in [5.74, 6) is 1.34. The predicted octanol–water partition coefficient (Wildman–Crippen LogP) is 3.34. The van der Waals surface area contributed by atoms with E-state index in [1.807, 2.05) is 24.3 Å². The topological polar surface area (TPSA) is 21.6 Å². The third kappa shape index (κ3) is 2.56. The molecule has 3 heteroatoms. The van der Waals surface area contributed by atoms with Crippen LogP contribution in [0, 0.1) is 5.92 Å². The Morgan fingerprint density at radius 2 is 2.19 bits per heavy atom. The average Bonchev–Trinajstić information content (AvgIpc) is 2.70. The van der Waals surface area contributed by atoms with Gasteiger partial charge in [0.2, 0.25) is 0 Å². The van der Waals surface area contributed by atoms with Gasteiger partial charge in [-0.15, -0.1) is 0 Å². The number of ether oxygens (including phenoxy) is 1. The summed E-state index contributed by atoms with van der Waals surface area (Å²) in [6.45, 7) is 5.03. The summed E-state index contributed by atoms with van der Waals surface area (Å²) in [7, 11) is 0. The van der Waals surface area contributed by atoms with E-state index in [0.717, 1.165) is 16.5 Å². The molecule has 0 saturated heterocycles. The fraction of sp³-hybridized carbons (Fsp3) is 0.462. The van der Waals surface area contributed by atoms with Crippen LogP contribution < -0.4 is 0 Å². The van der Waals surface area contributed by atoms with Crippen LogP contribution in [0.3, 0.4) is 0 Å². The van der Waals surface area contributed by atoms with E-state index in [1.165, 1.54) is 0 Å². The fourth-order valence-corrected chi connectivity index (χ4v) is 1.89. The van der Waals surface area contributed by atoms with Crippen LogP contribution in [-0.4, -0.2) is 18.5 Å². The Kier molecular flexibility index (Phi) is 3.49. The highest BCUT2D eigenvalue weighted by Gasteiger charge is 2.21. The van der Waals surface area contributed by atoms with Crippen molar-refractivity contribution in [2.75, 3.05) is 6.61 Å². The second-order valence-corrected chi connectivity index (χ2v) is 4.82. The highest BCUT2D eigenvalue weighted by Crippen LogP contribution is 2.20. The van der Waals surface area contributed by atoms with Gasteiger partial charge in [-0.3, -0.25) is 0 Å². The van der Waals surface area contributed by atoms with Gasteiger partial charge in [-0.1, -0.05) is 43.6 Å². The normalized spacial score (nSPS) is 19.8. The largest absolute Gasteiger partial charge is 0.478 e. The molecule has 0 unspecified atom stereocenters. The molecule has 1 aliphatic heterocycles. The molecule has 1 aromatic carbocycles. The van der Waals surface area contributed by atoms with Crippen molar-refractivity contribution in [2.24, 2.45) is 10.9 Å². The van der Waals surface area contributed by atoms with Gasteiger partial charge in [-0.25, -0.2) is 4.99 Å². The monoisotopic (exact) mass is 237 g/mol. The number of nitrogens with zero attached hydrogens (tertiary/aromatic N) is 1. The molecule has 16 heavy (non-hydrogen) atoms. The van der Waals surface area contributed by atoms with Crippen LogP contribution in [0.2, 0.25) is 5.02 Å². The Morgan fingerprint density at radius 3 is 2.81 bits per heavy atom. The minimum atomic E-state index is 0.303. The molecule has 1 atom stereocenters. The van der Waals surface area contributed by atoms with Crippen LogP contribution in [-0.2, 0) is 11.2 Å². The number of aliphatic imine (C=N–C) groups is 1. The Bertz CT molecular complexity index is 401. The molecule has 0 bridgehead atoms. The smallest absolute Gasteiger partial charge is 0.188 e. The van der Waals surface area contributed by atoms with Crippen molar-refractivity contribution in [3.05, 3.63) is 34.9 Å². The first-order valence-corrected chi connectivity index (χ1v) is 5.97. The molecule has 1 aromatic rings. The number of rotatable bonds is 3. The second-order valence-electron chi connectivity index (χ2n) is 4.41. The zero-order valence-corrected chi connectivity index (χ0v) is 10.4. The van der Waals surface area contributed by atoms with Gasteiger partial charge in [0, 0.05) is 11.4 Å². The van der Waals surface area contributed by atoms with Gasteiger partial charge >= 0.3 is 0 Å². The molecule has 1 aliphatic rings. The van der Waals surface area contributed by atoms with Crippen LogP contribution >= 0.6 is 11.6 Å². The van der Waals surface area contributed by atoms with Gasteiger partial charge in [0.05, 0.1) is 6.04 Å². The Morgan fingerprint density at radius 1 is 1.44 bits per heavy atom. The summed E-state index contributed by atoms with van der Waals surface area (Å²) in [6, 6.07) is 8.12. The zero-order chi connectivity index (χ0) is 11.5. The minimum Gasteiger partial charge on any atom is -0.478 e. The van der Waals surface area contributed by atoms with Gasteiger partial charge < -0.3 is 4.74 Å². The fourth-order valence-electron chi connectivity index (χ4n) is 1.68. The van der Waals surface area contributed by atoms with E-state index < -0.39 is 0 Å². The molecule has 0 aromatic heterocycles. The van der Waals surface area contributed by atoms with Crippen LogP contribution in [0.4, 0.5) is 0 Å². The predicted molar refractivity (Wildman–Crippen MR) is 67.2 cm³/mol. The molecule has 0 aliphatic carbocycles. The van der Waals surface area contributed by atoms with E-state index in [1.54, 1.807) is 0 Å². The Balaban J connectivity index is 2.07. The van der Waals surface area contributed by atoms with Crippen molar-refractivity contribution >= 4 is 17.5 Å². The maximum absolute atomic E-state index is 6.09. The first-order chi connectivity index (χ1) is 7.66. The molecule has 0 fully saturated rings. The van der Waals surface area contributed by atoms with Crippen molar-refractivity contribution in [3.63, 3.8) is 0 Å². The quantitative estimate of drug-likeness (QED) is 0.790. The molecule has 86 valence electrons. The maximum atomic E-state index is 6.09. The first kappa shape index (κ1) is 11.5. The highest BCUT2D eigenvalue weighted by atomic mass is 35.5. The molecule has 2 rings (SSSR count). The lowest BCUT2D eigenvalue weighted by Gasteiger charge is -2.06. The molecule has 1 heterocycles. The van der Waals surface area contributed by atoms with Crippen LogP contribution in [0.25, 0.3) is 0 Å². The minimum absolute atomic E-state index is 0.303. The molecule has 0 N–H and O–H groups in total. The summed E-state index contributed by atoms with van der Waals surface area (Å²) in [5, 5.41) is 0.779. The van der Waals surface area contributed by atoms with Crippen molar-refractivity contribution < 1.29 is 4.74 Å². The van der Waals surface area contributed by atoms with E-state index in [2.05, 4.69) is 18.8 Å². The van der Waals surface area contributed by atoms with Gasteiger partial charge in [0.15, 0.2) is 5.90 Å².